The number of benzene rings is 1. The van der Waals surface area contributed by atoms with Crippen LogP contribution < -0.4 is 10.5 Å². The van der Waals surface area contributed by atoms with Gasteiger partial charge in [-0.3, -0.25) is 0 Å². The van der Waals surface area contributed by atoms with Crippen LogP contribution in [0.15, 0.2) is 12.1 Å². The van der Waals surface area contributed by atoms with Crippen LogP contribution in [-0.4, -0.2) is 12.2 Å². The van der Waals surface area contributed by atoms with Gasteiger partial charge in [0.1, 0.15) is 5.82 Å². The second-order valence-electron chi connectivity index (χ2n) is 3.06. The summed E-state index contributed by atoms with van der Waals surface area (Å²) in [6.07, 6.45) is 0.625. The quantitative estimate of drug-likeness (QED) is 0.782. The minimum Gasteiger partial charge on any atom is -0.504 e. The molecule has 1 rings (SSSR count). The zero-order chi connectivity index (χ0) is 10.7. The van der Waals surface area contributed by atoms with Crippen LogP contribution in [0, 0.1) is 5.82 Å². The summed E-state index contributed by atoms with van der Waals surface area (Å²) < 4.78 is 17.9. The van der Waals surface area contributed by atoms with E-state index in [1.165, 1.54) is 13.2 Å². The lowest BCUT2D eigenvalue weighted by Crippen LogP contribution is -2.09. The summed E-state index contributed by atoms with van der Waals surface area (Å²) in [5.74, 6) is -0.425. The highest BCUT2D eigenvalue weighted by molar-refractivity contribution is 5.47. The Hall–Kier alpha value is -1.29. The molecule has 78 valence electrons. The Labute approximate surface area is 82.3 Å². The first-order valence-electron chi connectivity index (χ1n) is 4.42. The highest BCUT2D eigenvalue weighted by atomic mass is 19.1. The summed E-state index contributed by atoms with van der Waals surface area (Å²) in [5, 5.41) is 9.64. The van der Waals surface area contributed by atoms with Gasteiger partial charge in [0, 0.05) is 17.7 Å². The maximum Gasteiger partial charge on any atom is 0.163 e. The van der Waals surface area contributed by atoms with E-state index in [9.17, 15) is 9.50 Å². The number of aromatic hydroxyl groups is 1. The first-order chi connectivity index (χ1) is 6.60. The number of phenolic OH excluding ortho intramolecular Hbond substituents is 1. The van der Waals surface area contributed by atoms with Crippen LogP contribution in [0.2, 0.25) is 0 Å². The van der Waals surface area contributed by atoms with Crippen LogP contribution in [0.5, 0.6) is 11.5 Å². The van der Waals surface area contributed by atoms with Gasteiger partial charge in [-0.25, -0.2) is 4.39 Å². The molecule has 0 unspecified atom stereocenters. The molecule has 0 saturated heterocycles. The van der Waals surface area contributed by atoms with Crippen LogP contribution in [0.4, 0.5) is 4.39 Å². The third-order valence-corrected chi connectivity index (χ3v) is 2.13. The minimum absolute atomic E-state index is 0.0803. The summed E-state index contributed by atoms with van der Waals surface area (Å²) in [5.41, 5.74) is 6.08. The van der Waals surface area contributed by atoms with Crippen LogP contribution in [-0.2, 0) is 0 Å². The minimum atomic E-state index is -0.460. The Balaban J connectivity index is 3.21. The van der Waals surface area contributed by atoms with Crippen molar-refractivity contribution in [3.05, 3.63) is 23.5 Å². The van der Waals surface area contributed by atoms with E-state index >= 15 is 0 Å². The molecule has 4 heteroatoms. The van der Waals surface area contributed by atoms with E-state index in [1.54, 1.807) is 0 Å². The normalized spacial score (nSPS) is 12.6. The molecule has 0 spiro atoms. The maximum atomic E-state index is 13.0. The van der Waals surface area contributed by atoms with E-state index in [2.05, 4.69) is 0 Å². The van der Waals surface area contributed by atoms with E-state index in [4.69, 9.17) is 10.5 Å². The molecule has 3 nitrogen and oxygen atoms in total. The monoisotopic (exact) mass is 199 g/mol. The average Bonchev–Trinajstić information content (AvgIpc) is 2.19. The maximum absolute atomic E-state index is 13.0. The second kappa shape index (κ2) is 4.28. The molecule has 0 bridgehead atoms. The molecular formula is C10H14FNO2. The molecule has 0 aromatic heterocycles. The predicted molar refractivity (Wildman–Crippen MR) is 51.8 cm³/mol. The Morgan fingerprint density at radius 3 is 2.71 bits per heavy atom. The van der Waals surface area contributed by atoms with E-state index in [-0.39, 0.29) is 17.5 Å². The van der Waals surface area contributed by atoms with Crippen molar-refractivity contribution in [3.8, 4) is 11.5 Å². The van der Waals surface area contributed by atoms with Gasteiger partial charge in [-0.1, -0.05) is 6.92 Å². The van der Waals surface area contributed by atoms with Crippen molar-refractivity contribution in [2.24, 2.45) is 5.73 Å². The fourth-order valence-corrected chi connectivity index (χ4v) is 1.25. The molecular weight excluding hydrogens is 185 g/mol. The lowest BCUT2D eigenvalue weighted by Gasteiger charge is -2.13. The largest absolute Gasteiger partial charge is 0.504 e. The third-order valence-electron chi connectivity index (χ3n) is 2.13. The van der Waals surface area contributed by atoms with Gasteiger partial charge < -0.3 is 15.6 Å². The van der Waals surface area contributed by atoms with Gasteiger partial charge in [0.05, 0.1) is 7.11 Å². The summed E-state index contributed by atoms with van der Waals surface area (Å²) >= 11 is 0. The van der Waals surface area contributed by atoms with Gasteiger partial charge in [0.2, 0.25) is 0 Å². The molecule has 0 saturated carbocycles. The van der Waals surface area contributed by atoms with Gasteiger partial charge in [0.25, 0.3) is 0 Å². The topological polar surface area (TPSA) is 55.5 Å². The second-order valence-corrected chi connectivity index (χ2v) is 3.06. The molecule has 1 atom stereocenters. The molecule has 3 N–H and O–H groups in total. The molecule has 0 aliphatic heterocycles. The van der Waals surface area contributed by atoms with E-state index in [0.29, 0.717) is 12.0 Å². The first-order valence-corrected chi connectivity index (χ1v) is 4.42. The third kappa shape index (κ3) is 1.96. The van der Waals surface area contributed by atoms with Gasteiger partial charge in [0.15, 0.2) is 11.5 Å². The van der Waals surface area contributed by atoms with Gasteiger partial charge >= 0.3 is 0 Å². The zero-order valence-electron chi connectivity index (χ0n) is 8.25. The molecule has 14 heavy (non-hydrogen) atoms. The Kier molecular flexibility index (Phi) is 3.30. The molecule has 1 aromatic carbocycles. The van der Waals surface area contributed by atoms with Gasteiger partial charge in [-0.05, 0) is 12.5 Å². The standard InChI is InChI=1S/C10H14FNO2/c1-3-8(12)7-4-6(11)5-9(14-2)10(7)13/h4-5,8,13H,3,12H2,1-2H3/t8-/m1/s1. The summed E-state index contributed by atoms with van der Waals surface area (Å²) in [6.45, 7) is 1.86. The number of rotatable bonds is 3. The van der Waals surface area contributed by atoms with Crippen molar-refractivity contribution >= 4 is 0 Å². The van der Waals surface area contributed by atoms with Crippen molar-refractivity contribution in [1.82, 2.24) is 0 Å². The summed E-state index contributed by atoms with van der Waals surface area (Å²) in [4.78, 5) is 0. The lowest BCUT2D eigenvalue weighted by molar-refractivity contribution is 0.364. The highest BCUT2D eigenvalue weighted by Crippen LogP contribution is 2.34. The molecule has 0 radical (unpaired) electrons. The fraction of sp³-hybridized carbons (Fsp3) is 0.400. The molecule has 0 amide bonds. The Morgan fingerprint density at radius 1 is 1.57 bits per heavy atom. The number of hydrogen-bond acceptors (Lipinski definition) is 3. The van der Waals surface area contributed by atoms with Gasteiger partial charge in [-0.15, -0.1) is 0 Å². The van der Waals surface area contributed by atoms with Crippen LogP contribution in [0.3, 0.4) is 0 Å². The highest BCUT2D eigenvalue weighted by Gasteiger charge is 2.15. The lowest BCUT2D eigenvalue weighted by atomic mass is 10.0. The molecule has 0 heterocycles. The van der Waals surface area contributed by atoms with Crippen LogP contribution in [0.1, 0.15) is 24.9 Å². The van der Waals surface area contributed by atoms with Gasteiger partial charge in [-0.2, -0.15) is 0 Å². The van der Waals surface area contributed by atoms with Crippen molar-refractivity contribution in [3.63, 3.8) is 0 Å². The first kappa shape index (κ1) is 10.8. The van der Waals surface area contributed by atoms with E-state index < -0.39 is 5.82 Å². The van der Waals surface area contributed by atoms with E-state index in [1.807, 2.05) is 6.92 Å². The number of methoxy groups -OCH3 is 1. The molecule has 1 aromatic rings. The number of phenols is 1. The molecule has 0 aliphatic carbocycles. The van der Waals surface area contributed by atoms with E-state index in [0.717, 1.165) is 6.07 Å². The summed E-state index contributed by atoms with van der Waals surface area (Å²) in [6, 6.07) is 1.98. The Morgan fingerprint density at radius 2 is 2.21 bits per heavy atom. The van der Waals surface area contributed by atoms with Crippen molar-refractivity contribution in [1.29, 1.82) is 0 Å². The number of halogens is 1. The fourth-order valence-electron chi connectivity index (χ4n) is 1.25. The van der Waals surface area contributed by atoms with Crippen LogP contribution in [0.25, 0.3) is 0 Å². The van der Waals surface area contributed by atoms with Crippen LogP contribution >= 0.6 is 0 Å². The predicted octanol–water partition coefficient (Wildman–Crippen LogP) is 1.95. The smallest absolute Gasteiger partial charge is 0.163 e. The molecule has 0 fully saturated rings. The summed E-state index contributed by atoms with van der Waals surface area (Å²) in [7, 11) is 1.37. The van der Waals surface area contributed by atoms with Crippen molar-refractivity contribution in [2.75, 3.05) is 7.11 Å². The SMILES string of the molecule is CC[C@@H](N)c1cc(F)cc(OC)c1O. The molecule has 0 aliphatic rings. The Bertz CT molecular complexity index is 328. The number of ether oxygens (including phenoxy) is 1. The van der Waals surface area contributed by atoms with Crippen molar-refractivity contribution in [2.45, 2.75) is 19.4 Å². The average molecular weight is 199 g/mol. The number of hydrogen-bond donors (Lipinski definition) is 2. The van der Waals surface area contributed by atoms with Crippen molar-refractivity contribution < 1.29 is 14.2 Å². The zero-order valence-corrected chi connectivity index (χ0v) is 8.25. The number of nitrogens with two attached hydrogens (primary N) is 1.